The molecule has 0 aliphatic rings. The normalized spacial score (nSPS) is 10.7. The van der Waals surface area contributed by atoms with Crippen molar-refractivity contribution in [2.45, 2.75) is 6.42 Å². The highest BCUT2D eigenvalue weighted by molar-refractivity contribution is 7.15. The molecule has 0 aliphatic carbocycles. The molecule has 7 nitrogen and oxygen atoms in total. The molecule has 4 aromatic rings. The Morgan fingerprint density at radius 2 is 2.04 bits per heavy atom. The zero-order valence-electron chi connectivity index (χ0n) is 13.9. The van der Waals surface area contributed by atoms with Gasteiger partial charge in [-0.15, -0.1) is 16.4 Å². The van der Waals surface area contributed by atoms with Crippen LogP contribution in [0.2, 0.25) is 5.02 Å². The van der Waals surface area contributed by atoms with Crippen molar-refractivity contribution in [3.8, 4) is 5.69 Å². The van der Waals surface area contributed by atoms with E-state index in [0.717, 1.165) is 16.1 Å². The summed E-state index contributed by atoms with van der Waals surface area (Å²) < 4.78 is 1.52. The minimum absolute atomic E-state index is 0.220. The second-order valence-electron chi connectivity index (χ2n) is 5.69. The number of thiazole rings is 1. The molecule has 9 heteroatoms. The number of carbonyl (C=O) groups is 1. The van der Waals surface area contributed by atoms with Crippen molar-refractivity contribution in [1.29, 1.82) is 0 Å². The monoisotopic (exact) mass is 396 g/mol. The fourth-order valence-electron chi connectivity index (χ4n) is 2.51. The Kier molecular flexibility index (Phi) is 4.91. The predicted octanol–water partition coefficient (Wildman–Crippen LogP) is 3.62. The quantitative estimate of drug-likeness (QED) is 0.557. The zero-order valence-corrected chi connectivity index (χ0v) is 15.5. The van der Waals surface area contributed by atoms with Gasteiger partial charge in [0.15, 0.2) is 5.13 Å². The Balaban J connectivity index is 1.42. The summed E-state index contributed by atoms with van der Waals surface area (Å²) in [6.07, 6.45) is 3.98. The van der Waals surface area contributed by atoms with Gasteiger partial charge in [0.2, 0.25) is 0 Å². The highest BCUT2D eigenvalue weighted by Gasteiger charge is 2.10. The van der Waals surface area contributed by atoms with Crippen LogP contribution in [-0.2, 0) is 6.42 Å². The van der Waals surface area contributed by atoms with E-state index in [0.29, 0.717) is 22.1 Å². The van der Waals surface area contributed by atoms with Gasteiger partial charge in [-0.3, -0.25) is 10.1 Å². The highest BCUT2D eigenvalue weighted by Crippen LogP contribution is 2.23. The number of halogens is 1. The Hall–Kier alpha value is -3.10. The molecule has 27 heavy (non-hydrogen) atoms. The molecule has 0 radical (unpaired) electrons. The standard InChI is InChI=1S/C18H13ClN6OS/c19-14-3-1-2-12(8-14)9-16-10-20-18(27-16)22-17(26)13-4-6-15(7-5-13)25-11-21-23-24-25/h1-8,10-11H,9H2,(H,20,22,26). The van der Waals surface area contributed by atoms with Crippen molar-refractivity contribution in [1.82, 2.24) is 25.2 Å². The van der Waals surface area contributed by atoms with Crippen molar-refractivity contribution in [2.24, 2.45) is 0 Å². The van der Waals surface area contributed by atoms with Gasteiger partial charge in [-0.2, -0.15) is 0 Å². The largest absolute Gasteiger partial charge is 0.298 e. The van der Waals surface area contributed by atoms with Crippen LogP contribution in [-0.4, -0.2) is 31.1 Å². The number of anilines is 1. The van der Waals surface area contributed by atoms with Crippen LogP contribution in [0.3, 0.4) is 0 Å². The lowest BCUT2D eigenvalue weighted by Gasteiger charge is -2.03. The average Bonchev–Trinajstić information content (AvgIpc) is 3.34. The van der Waals surface area contributed by atoms with E-state index in [-0.39, 0.29) is 5.91 Å². The van der Waals surface area contributed by atoms with Crippen molar-refractivity contribution < 1.29 is 4.79 Å². The Morgan fingerprint density at radius 3 is 2.78 bits per heavy atom. The molecule has 134 valence electrons. The van der Waals surface area contributed by atoms with Crippen LogP contribution in [0.5, 0.6) is 0 Å². The first kappa shape index (κ1) is 17.3. The maximum atomic E-state index is 12.4. The van der Waals surface area contributed by atoms with Crippen molar-refractivity contribution in [3.63, 3.8) is 0 Å². The number of hydrogen-bond acceptors (Lipinski definition) is 6. The number of benzene rings is 2. The van der Waals surface area contributed by atoms with Gasteiger partial charge in [0.1, 0.15) is 6.33 Å². The molecule has 0 saturated carbocycles. The Morgan fingerprint density at radius 1 is 1.19 bits per heavy atom. The number of hydrogen-bond donors (Lipinski definition) is 1. The summed E-state index contributed by atoms with van der Waals surface area (Å²) in [7, 11) is 0. The van der Waals surface area contributed by atoms with Crippen molar-refractivity contribution in [3.05, 3.63) is 82.1 Å². The van der Waals surface area contributed by atoms with Crippen LogP contribution in [0.25, 0.3) is 5.69 Å². The lowest BCUT2D eigenvalue weighted by molar-refractivity contribution is 0.102. The van der Waals surface area contributed by atoms with Crippen molar-refractivity contribution >= 4 is 34.0 Å². The summed E-state index contributed by atoms with van der Waals surface area (Å²) in [6.45, 7) is 0. The first-order valence-electron chi connectivity index (χ1n) is 8.01. The molecule has 2 aromatic carbocycles. The van der Waals surface area contributed by atoms with Crippen LogP contribution in [0.15, 0.2) is 61.1 Å². The van der Waals surface area contributed by atoms with E-state index in [9.17, 15) is 4.79 Å². The molecular weight excluding hydrogens is 384 g/mol. The van der Waals surface area contributed by atoms with E-state index < -0.39 is 0 Å². The second kappa shape index (κ2) is 7.65. The molecule has 0 fully saturated rings. The number of carbonyl (C=O) groups excluding carboxylic acids is 1. The maximum absolute atomic E-state index is 12.4. The van der Waals surface area contributed by atoms with E-state index in [2.05, 4.69) is 25.8 Å². The van der Waals surface area contributed by atoms with Crippen molar-refractivity contribution in [2.75, 3.05) is 5.32 Å². The maximum Gasteiger partial charge on any atom is 0.257 e. The minimum atomic E-state index is -0.220. The second-order valence-corrected chi connectivity index (χ2v) is 7.25. The fourth-order valence-corrected chi connectivity index (χ4v) is 3.56. The van der Waals surface area contributed by atoms with Gasteiger partial charge in [0.25, 0.3) is 5.91 Å². The summed E-state index contributed by atoms with van der Waals surface area (Å²) in [4.78, 5) is 17.7. The average molecular weight is 397 g/mol. The lowest BCUT2D eigenvalue weighted by Crippen LogP contribution is -2.11. The van der Waals surface area contributed by atoms with Crippen LogP contribution < -0.4 is 5.32 Å². The van der Waals surface area contributed by atoms with Crippen LogP contribution in [0.1, 0.15) is 20.8 Å². The number of nitrogens with zero attached hydrogens (tertiary/aromatic N) is 5. The molecule has 0 saturated heterocycles. The van der Waals surface area contributed by atoms with Crippen LogP contribution in [0.4, 0.5) is 5.13 Å². The van der Waals surface area contributed by atoms with Gasteiger partial charge in [-0.05, 0) is 52.4 Å². The third-order valence-electron chi connectivity index (χ3n) is 3.78. The fraction of sp³-hybridized carbons (Fsp3) is 0.0556. The van der Waals surface area contributed by atoms with E-state index >= 15 is 0 Å². The summed E-state index contributed by atoms with van der Waals surface area (Å²) in [5, 5.41) is 15.1. The molecule has 0 spiro atoms. The number of tetrazole rings is 1. The van der Waals surface area contributed by atoms with Gasteiger partial charge in [0.05, 0.1) is 5.69 Å². The molecule has 1 N–H and O–H groups in total. The van der Waals surface area contributed by atoms with Gasteiger partial charge in [-0.25, -0.2) is 9.67 Å². The van der Waals surface area contributed by atoms with Gasteiger partial charge in [0, 0.05) is 28.1 Å². The number of aromatic nitrogens is 5. The van der Waals surface area contributed by atoms with E-state index in [4.69, 9.17) is 11.6 Å². The smallest absolute Gasteiger partial charge is 0.257 e. The minimum Gasteiger partial charge on any atom is -0.298 e. The molecule has 2 heterocycles. The lowest BCUT2D eigenvalue weighted by atomic mass is 10.1. The summed E-state index contributed by atoms with van der Waals surface area (Å²) in [5.41, 5.74) is 2.40. The molecule has 4 rings (SSSR count). The summed E-state index contributed by atoms with van der Waals surface area (Å²) >= 11 is 7.46. The van der Waals surface area contributed by atoms with E-state index in [1.165, 1.54) is 22.3 Å². The van der Waals surface area contributed by atoms with E-state index in [1.807, 2.05) is 24.3 Å². The number of amides is 1. The topological polar surface area (TPSA) is 85.6 Å². The van der Waals surface area contributed by atoms with E-state index in [1.54, 1.807) is 30.5 Å². The third kappa shape index (κ3) is 4.18. The first-order chi connectivity index (χ1) is 13.2. The third-order valence-corrected chi connectivity index (χ3v) is 4.93. The number of rotatable bonds is 5. The summed E-state index contributed by atoms with van der Waals surface area (Å²) in [6, 6.07) is 14.7. The molecule has 1 amide bonds. The molecule has 0 atom stereocenters. The zero-order chi connectivity index (χ0) is 18.6. The molecule has 0 bridgehead atoms. The molecule has 2 aromatic heterocycles. The predicted molar refractivity (Wildman–Crippen MR) is 103 cm³/mol. The van der Waals surface area contributed by atoms with Gasteiger partial charge < -0.3 is 0 Å². The molecule has 0 aliphatic heterocycles. The summed E-state index contributed by atoms with van der Waals surface area (Å²) in [5.74, 6) is -0.220. The Bertz CT molecular complexity index is 1060. The van der Waals surface area contributed by atoms with Crippen LogP contribution in [0, 0.1) is 0 Å². The molecule has 0 unspecified atom stereocenters. The SMILES string of the molecule is O=C(Nc1ncc(Cc2cccc(Cl)c2)s1)c1ccc(-n2cnnn2)cc1. The first-order valence-corrected chi connectivity index (χ1v) is 9.21. The van der Waals surface area contributed by atoms with Gasteiger partial charge in [-0.1, -0.05) is 23.7 Å². The highest BCUT2D eigenvalue weighted by atomic mass is 35.5. The van der Waals surface area contributed by atoms with Crippen LogP contribution >= 0.6 is 22.9 Å². The number of nitrogens with one attached hydrogen (secondary N) is 1. The van der Waals surface area contributed by atoms with Gasteiger partial charge >= 0.3 is 0 Å². The molecular formula is C18H13ClN6OS. The Labute approximate surface area is 163 Å².